The number of non-ortho nitro benzene ring substituents is 1. The SMILES string of the molecule is CS(=O)(=O)C1CCN(C(=O)c2cc([N+](=O)[O-])ccc2Cl)CC1. The van der Waals surface area contributed by atoms with Crippen molar-refractivity contribution in [2.24, 2.45) is 0 Å². The van der Waals surface area contributed by atoms with E-state index in [1.165, 1.54) is 23.3 Å². The Morgan fingerprint density at radius 1 is 1.36 bits per heavy atom. The standard InChI is InChI=1S/C13H15ClN2O5S/c1-22(20,21)10-4-6-15(7-5-10)13(17)11-8-9(16(18)19)2-3-12(11)14/h2-3,8,10H,4-7H2,1H3. The molecule has 0 saturated carbocycles. The largest absolute Gasteiger partial charge is 0.339 e. The zero-order valence-electron chi connectivity index (χ0n) is 11.9. The zero-order valence-corrected chi connectivity index (χ0v) is 13.4. The maximum Gasteiger partial charge on any atom is 0.270 e. The number of carbonyl (C=O) groups excluding carboxylic acids is 1. The van der Waals surface area contributed by atoms with Gasteiger partial charge in [-0.25, -0.2) is 8.42 Å². The van der Waals surface area contributed by atoms with Crippen LogP contribution in [0.4, 0.5) is 5.69 Å². The minimum Gasteiger partial charge on any atom is -0.339 e. The molecule has 0 atom stereocenters. The van der Waals surface area contributed by atoms with Gasteiger partial charge in [-0.15, -0.1) is 0 Å². The van der Waals surface area contributed by atoms with Gasteiger partial charge in [0.2, 0.25) is 0 Å². The molecule has 120 valence electrons. The number of nitro benzene ring substituents is 1. The fourth-order valence-electron chi connectivity index (χ4n) is 2.45. The Bertz CT molecular complexity index is 711. The number of likely N-dealkylation sites (tertiary alicyclic amines) is 1. The van der Waals surface area contributed by atoms with Crippen LogP contribution in [0.15, 0.2) is 18.2 Å². The molecule has 0 aromatic heterocycles. The summed E-state index contributed by atoms with van der Waals surface area (Å²) >= 11 is 5.95. The summed E-state index contributed by atoms with van der Waals surface area (Å²) in [7, 11) is -3.12. The molecule has 22 heavy (non-hydrogen) atoms. The highest BCUT2D eigenvalue weighted by Crippen LogP contribution is 2.25. The number of halogens is 1. The van der Waals surface area contributed by atoms with Crippen LogP contribution in [0.1, 0.15) is 23.2 Å². The monoisotopic (exact) mass is 346 g/mol. The topological polar surface area (TPSA) is 97.6 Å². The predicted octanol–water partition coefficient (Wildman–Crippen LogP) is 1.90. The van der Waals surface area contributed by atoms with Crippen molar-refractivity contribution in [2.45, 2.75) is 18.1 Å². The second-order valence-corrected chi connectivity index (χ2v) is 7.98. The number of sulfone groups is 1. The van der Waals surface area contributed by atoms with Crippen LogP contribution in [0.25, 0.3) is 0 Å². The molecule has 1 aromatic carbocycles. The average molecular weight is 347 g/mol. The van der Waals surface area contributed by atoms with Crippen LogP contribution in [0.5, 0.6) is 0 Å². The number of piperidine rings is 1. The molecule has 9 heteroatoms. The van der Waals surface area contributed by atoms with Gasteiger partial charge in [0.15, 0.2) is 0 Å². The number of carbonyl (C=O) groups is 1. The summed E-state index contributed by atoms with van der Waals surface area (Å²) in [5, 5.41) is 10.5. The highest BCUT2D eigenvalue weighted by Gasteiger charge is 2.30. The van der Waals surface area contributed by atoms with E-state index in [0.29, 0.717) is 12.8 Å². The number of benzene rings is 1. The van der Waals surface area contributed by atoms with Crippen LogP contribution in [-0.2, 0) is 9.84 Å². The van der Waals surface area contributed by atoms with E-state index in [1.807, 2.05) is 0 Å². The first-order chi connectivity index (χ1) is 10.2. The van der Waals surface area contributed by atoms with Gasteiger partial charge in [0.1, 0.15) is 9.84 Å². The van der Waals surface area contributed by atoms with Gasteiger partial charge < -0.3 is 4.90 Å². The third-order valence-corrected chi connectivity index (χ3v) is 5.74. The van der Waals surface area contributed by atoms with Crippen molar-refractivity contribution in [3.05, 3.63) is 38.9 Å². The summed E-state index contributed by atoms with van der Waals surface area (Å²) in [5.74, 6) is -0.416. The van der Waals surface area contributed by atoms with Gasteiger partial charge in [0.25, 0.3) is 11.6 Å². The van der Waals surface area contributed by atoms with Crippen molar-refractivity contribution >= 4 is 33.0 Å². The van der Waals surface area contributed by atoms with Gasteiger partial charge >= 0.3 is 0 Å². The molecular formula is C13H15ClN2O5S. The van der Waals surface area contributed by atoms with Crippen molar-refractivity contribution in [3.63, 3.8) is 0 Å². The van der Waals surface area contributed by atoms with Crippen LogP contribution in [0.2, 0.25) is 5.02 Å². The zero-order chi connectivity index (χ0) is 16.5. The van der Waals surface area contributed by atoms with E-state index < -0.39 is 25.9 Å². The maximum atomic E-state index is 12.4. The Balaban J connectivity index is 2.17. The Morgan fingerprint density at radius 2 is 1.95 bits per heavy atom. The van der Waals surface area contributed by atoms with Gasteiger partial charge in [-0.2, -0.15) is 0 Å². The van der Waals surface area contributed by atoms with E-state index in [2.05, 4.69) is 0 Å². The second-order valence-electron chi connectivity index (χ2n) is 5.24. The van der Waals surface area contributed by atoms with Gasteiger partial charge in [-0.3, -0.25) is 14.9 Å². The van der Waals surface area contributed by atoms with Crippen LogP contribution < -0.4 is 0 Å². The molecule has 0 aliphatic carbocycles. The first kappa shape index (κ1) is 16.7. The number of hydrogen-bond acceptors (Lipinski definition) is 5. The highest BCUT2D eigenvalue weighted by atomic mass is 35.5. The van der Waals surface area contributed by atoms with Crippen molar-refractivity contribution in [3.8, 4) is 0 Å². The molecule has 2 rings (SSSR count). The van der Waals surface area contributed by atoms with E-state index >= 15 is 0 Å². The summed E-state index contributed by atoms with van der Waals surface area (Å²) in [4.78, 5) is 24.1. The minimum atomic E-state index is -3.12. The van der Waals surface area contributed by atoms with E-state index in [-0.39, 0.29) is 29.4 Å². The normalized spacial score (nSPS) is 16.5. The summed E-state index contributed by atoms with van der Waals surface area (Å²) < 4.78 is 23.0. The molecule has 0 radical (unpaired) electrons. The molecule has 7 nitrogen and oxygen atoms in total. The summed E-state index contributed by atoms with van der Waals surface area (Å²) in [6, 6.07) is 3.69. The number of rotatable bonds is 3. The van der Waals surface area contributed by atoms with E-state index in [9.17, 15) is 23.3 Å². The third-order valence-electron chi connectivity index (χ3n) is 3.73. The molecule has 1 heterocycles. The summed E-state index contributed by atoms with van der Waals surface area (Å²) in [6.07, 6.45) is 1.90. The molecule has 1 saturated heterocycles. The second kappa shape index (κ2) is 6.21. The minimum absolute atomic E-state index is 0.0636. The molecule has 0 spiro atoms. The van der Waals surface area contributed by atoms with Crippen molar-refractivity contribution < 1.29 is 18.1 Å². The first-order valence-corrected chi connectivity index (χ1v) is 8.95. The van der Waals surface area contributed by atoms with Gasteiger partial charge in [-0.05, 0) is 18.9 Å². The van der Waals surface area contributed by atoms with E-state index in [0.717, 1.165) is 6.07 Å². The Kier molecular flexibility index (Phi) is 4.72. The van der Waals surface area contributed by atoms with Crippen LogP contribution in [-0.4, -0.2) is 48.7 Å². The summed E-state index contributed by atoms with van der Waals surface area (Å²) in [6.45, 7) is 0.575. The van der Waals surface area contributed by atoms with Gasteiger partial charge in [0.05, 0.1) is 20.8 Å². The third kappa shape index (κ3) is 3.56. The average Bonchev–Trinajstić information content (AvgIpc) is 2.46. The van der Waals surface area contributed by atoms with Crippen molar-refractivity contribution in [2.75, 3.05) is 19.3 Å². The fourth-order valence-corrected chi connectivity index (χ4v) is 3.71. The smallest absolute Gasteiger partial charge is 0.270 e. The molecule has 1 aliphatic rings. The molecule has 0 N–H and O–H groups in total. The molecule has 1 amide bonds. The number of hydrogen-bond donors (Lipinski definition) is 0. The van der Waals surface area contributed by atoms with Crippen molar-refractivity contribution in [1.82, 2.24) is 4.90 Å². The van der Waals surface area contributed by atoms with Gasteiger partial charge in [-0.1, -0.05) is 11.6 Å². The Morgan fingerprint density at radius 3 is 2.45 bits per heavy atom. The number of nitro groups is 1. The van der Waals surface area contributed by atoms with Crippen LogP contribution in [0, 0.1) is 10.1 Å². The van der Waals surface area contributed by atoms with Crippen molar-refractivity contribution in [1.29, 1.82) is 0 Å². The molecular weight excluding hydrogens is 332 g/mol. The molecule has 1 fully saturated rings. The van der Waals surface area contributed by atoms with Crippen LogP contribution in [0.3, 0.4) is 0 Å². The first-order valence-electron chi connectivity index (χ1n) is 6.62. The lowest BCUT2D eigenvalue weighted by Gasteiger charge is -2.31. The number of nitrogens with zero attached hydrogens (tertiary/aromatic N) is 2. The fraction of sp³-hybridized carbons (Fsp3) is 0.462. The lowest BCUT2D eigenvalue weighted by Crippen LogP contribution is -2.42. The summed E-state index contributed by atoms with van der Waals surface area (Å²) in [5.41, 5.74) is -0.146. The van der Waals surface area contributed by atoms with Gasteiger partial charge in [0, 0.05) is 31.5 Å². The predicted molar refractivity (Wildman–Crippen MR) is 81.9 cm³/mol. The van der Waals surface area contributed by atoms with E-state index in [4.69, 9.17) is 11.6 Å². The maximum absolute atomic E-state index is 12.4. The van der Waals surface area contributed by atoms with E-state index in [1.54, 1.807) is 0 Å². The Labute approximate surface area is 132 Å². The molecule has 0 bridgehead atoms. The quantitative estimate of drug-likeness (QED) is 0.615. The molecule has 1 aliphatic heterocycles. The molecule has 1 aromatic rings. The highest BCUT2D eigenvalue weighted by molar-refractivity contribution is 7.91. The van der Waals surface area contributed by atoms with Crippen LogP contribution >= 0.6 is 11.6 Å². The number of amides is 1. The lowest BCUT2D eigenvalue weighted by molar-refractivity contribution is -0.384. The lowest BCUT2D eigenvalue weighted by atomic mass is 10.1. The molecule has 0 unspecified atom stereocenters. The Hall–Kier alpha value is -1.67.